The van der Waals surface area contributed by atoms with Crippen molar-refractivity contribution in [1.29, 1.82) is 0 Å². The number of ether oxygens (including phenoxy) is 3. The summed E-state index contributed by atoms with van der Waals surface area (Å²) in [6.45, 7) is 5.97. The van der Waals surface area contributed by atoms with E-state index in [0.29, 0.717) is 6.10 Å². The molecule has 0 radical (unpaired) electrons. The highest BCUT2D eigenvalue weighted by Gasteiger charge is 2.47. The predicted molar refractivity (Wildman–Crippen MR) is 43.6 cm³/mol. The molecule has 2 heterocycles. The molecule has 70 valence electrons. The Labute approximate surface area is 73.0 Å². The fourth-order valence-corrected chi connectivity index (χ4v) is 1.85. The van der Waals surface area contributed by atoms with Crippen LogP contribution in [0.15, 0.2) is 0 Å². The fourth-order valence-electron chi connectivity index (χ4n) is 1.85. The van der Waals surface area contributed by atoms with Crippen molar-refractivity contribution in [2.45, 2.75) is 57.9 Å². The van der Waals surface area contributed by atoms with Crippen molar-refractivity contribution < 1.29 is 14.2 Å². The van der Waals surface area contributed by atoms with Gasteiger partial charge < -0.3 is 14.2 Å². The quantitative estimate of drug-likeness (QED) is 0.602. The largest absolute Gasteiger partial charge is 0.346 e. The first-order valence-corrected chi connectivity index (χ1v) is 4.62. The van der Waals surface area contributed by atoms with Crippen molar-refractivity contribution in [3.05, 3.63) is 0 Å². The molecule has 2 rings (SSSR count). The van der Waals surface area contributed by atoms with Crippen LogP contribution in [0.4, 0.5) is 0 Å². The van der Waals surface area contributed by atoms with Crippen molar-refractivity contribution in [3.8, 4) is 0 Å². The molecule has 0 bridgehead atoms. The smallest absolute Gasteiger partial charge is 0.187 e. The zero-order chi connectivity index (χ0) is 8.77. The number of rotatable bonds is 1. The standard InChI is InChI=1S/C9H16O3/c1-4-6-5-7-8(10-6)12-9(2,3)11-7/h6-8H,4-5H2,1-3H3/t6-,7-,8-/m1/s1. The normalized spacial score (nSPS) is 44.8. The lowest BCUT2D eigenvalue weighted by Crippen LogP contribution is -2.24. The van der Waals surface area contributed by atoms with Gasteiger partial charge in [-0.05, 0) is 20.3 Å². The summed E-state index contributed by atoms with van der Waals surface area (Å²) >= 11 is 0. The van der Waals surface area contributed by atoms with E-state index in [1.165, 1.54) is 0 Å². The molecule has 3 atom stereocenters. The fraction of sp³-hybridized carbons (Fsp3) is 1.00. The SMILES string of the molecule is CC[C@@H]1C[C@H]2OC(C)(C)O[C@H]2O1. The third-order valence-electron chi connectivity index (χ3n) is 2.42. The predicted octanol–water partition coefficient (Wildman–Crippen LogP) is 1.66. The van der Waals surface area contributed by atoms with Gasteiger partial charge in [-0.25, -0.2) is 0 Å². The van der Waals surface area contributed by atoms with Crippen molar-refractivity contribution in [1.82, 2.24) is 0 Å². The molecule has 2 fully saturated rings. The summed E-state index contributed by atoms with van der Waals surface area (Å²) in [5.41, 5.74) is 0. The number of hydrogen-bond donors (Lipinski definition) is 0. The van der Waals surface area contributed by atoms with Gasteiger partial charge in [0.05, 0.1) is 6.10 Å². The maximum Gasteiger partial charge on any atom is 0.187 e. The zero-order valence-corrected chi connectivity index (χ0v) is 7.87. The second-order valence-corrected chi connectivity index (χ2v) is 3.94. The minimum atomic E-state index is -0.450. The second-order valence-electron chi connectivity index (χ2n) is 3.94. The highest BCUT2D eigenvalue weighted by Crippen LogP contribution is 2.37. The summed E-state index contributed by atoms with van der Waals surface area (Å²) in [5, 5.41) is 0. The van der Waals surface area contributed by atoms with Crippen LogP contribution >= 0.6 is 0 Å². The van der Waals surface area contributed by atoms with E-state index in [1.54, 1.807) is 0 Å². The molecule has 0 aromatic rings. The first-order chi connectivity index (χ1) is 5.61. The molecule has 0 saturated carbocycles. The van der Waals surface area contributed by atoms with Crippen molar-refractivity contribution in [3.63, 3.8) is 0 Å². The summed E-state index contributed by atoms with van der Waals surface area (Å²) in [7, 11) is 0. The van der Waals surface area contributed by atoms with Crippen LogP contribution in [0.2, 0.25) is 0 Å². The Balaban J connectivity index is 1.97. The minimum absolute atomic E-state index is 0.120. The van der Waals surface area contributed by atoms with Gasteiger partial charge in [0.15, 0.2) is 12.1 Å². The molecular weight excluding hydrogens is 156 g/mol. The molecule has 3 heteroatoms. The summed E-state index contributed by atoms with van der Waals surface area (Å²) in [6, 6.07) is 0. The molecule has 0 spiro atoms. The van der Waals surface area contributed by atoms with Crippen LogP contribution in [-0.4, -0.2) is 24.3 Å². The van der Waals surface area contributed by atoms with Gasteiger partial charge in [-0.15, -0.1) is 0 Å². The van der Waals surface area contributed by atoms with E-state index < -0.39 is 5.79 Å². The van der Waals surface area contributed by atoms with Gasteiger partial charge >= 0.3 is 0 Å². The van der Waals surface area contributed by atoms with Crippen LogP contribution in [0.5, 0.6) is 0 Å². The Kier molecular flexibility index (Phi) is 1.90. The van der Waals surface area contributed by atoms with E-state index >= 15 is 0 Å². The Bertz CT molecular complexity index is 163. The zero-order valence-electron chi connectivity index (χ0n) is 7.87. The van der Waals surface area contributed by atoms with Crippen molar-refractivity contribution >= 4 is 0 Å². The van der Waals surface area contributed by atoms with Crippen LogP contribution in [0, 0.1) is 0 Å². The van der Waals surface area contributed by atoms with Crippen LogP contribution in [0.3, 0.4) is 0 Å². The van der Waals surface area contributed by atoms with E-state index in [4.69, 9.17) is 14.2 Å². The highest BCUT2D eigenvalue weighted by atomic mass is 16.8. The minimum Gasteiger partial charge on any atom is -0.346 e. The lowest BCUT2D eigenvalue weighted by Gasteiger charge is -2.19. The molecule has 0 N–H and O–H groups in total. The van der Waals surface area contributed by atoms with Crippen LogP contribution in [0.1, 0.15) is 33.6 Å². The molecule has 0 unspecified atom stereocenters. The molecule has 2 aliphatic heterocycles. The van der Waals surface area contributed by atoms with E-state index in [9.17, 15) is 0 Å². The third kappa shape index (κ3) is 1.37. The maximum atomic E-state index is 5.66. The average Bonchev–Trinajstić information content (AvgIpc) is 2.40. The number of fused-ring (bicyclic) bond motifs is 1. The molecular formula is C9H16O3. The summed E-state index contributed by atoms with van der Waals surface area (Å²) in [6.07, 6.45) is 2.39. The lowest BCUT2D eigenvalue weighted by molar-refractivity contribution is -0.204. The Hall–Kier alpha value is -0.120. The lowest BCUT2D eigenvalue weighted by atomic mass is 10.2. The second kappa shape index (κ2) is 2.69. The van der Waals surface area contributed by atoms with E-state index in [0.717, 1.165) is 12.8 Å². The molecule has 0 aliphatic carbocycles. The topological polar surface area (TPSA) is 27.7 Å². The van der Waals surface area contributed by atoms with Gasteiger partial charge in [-0.3, -0.25) is 0 Å². The van der Waals surface area contributed by atoms with Crippen molar-refractivity contribution in [2.75, 3.05) is 0 Å². The van der Waals surface area contributed by atoms with Gasteiger partial charge in [0.1, 0.15) is 6.10 Å². The summed E-state index contributed by atoms with van der Waals surface area (Å²) in [4.78, 5) is 0. The van der Waals surface area contributed by atoms with Crippen LogP contribution < -0.4 is 0 Å². The molecule has 3 nitrogen and oxygen atoms in total. The summed E-state index contributed by atoms with van der Waals surface area (Å²) in [5.74, 6) is -0.450. The highest BCUT2D eigenvalue weighted by molar-refractivity contribution is 4.84. The Morgan fingerprint density at radius 3 is 2.67 bits per heavy atom. The molecule has 2 saturated heterocycles. The van der Waals surface area contributed by atoms with Crippen LogP contribution in [0.25, 0.3) is 0 Å². The van der Waals surface area contributed by atoms with Crippen molar-refractivity contribution in [2.24, 2.45) is 0 Å². The van der Waals surface area contributed by atoms with E-state index in [-0.39, 0.29) is 12.4 Å². The first kappa shape index (κ1) is 8.48. The van der Waals surface area contributed by atoms with Gasteiger partial charge in [-0.1, -0.05) is 6.92 Å². The molecule has 12 heavy (non-hydrogen) atoms. The Morgan fingerprint density at radius 1 is 1.33 bits per heavy atom. The Morgan fingerprint density at radius 2 is 2.08 bits per heavy atom. The molecule has 0 aromatic carbocycles. The number of hydrogen-bond acceptors (Lipinski definition) is 3. The van der Waals surface area contributed by atoms with Crippen LogP contribution in [-0.2, 0) is 14.2 Å². The third-order valence-corrected chi connectivity index (χ3v) is 2.42. The monoisotopic (exact) mass is 172 g/mol. The van der Waals surface area contributed by atoms with Gasteiger partial charge in [0.25, 0.3) is 0 Å². The first-order valence-electron chi connectivity index (χ1n) is 4.62. The van der Waals surface area contributed by atoms with Gasteiger partial charge in [0.2, 0.25) is 0 Å². The average molecular weight is 172 g/mol. The van der Waals surface area contributed by atoms with Gasteiger partial charge in [-0.2, -0.15) is 0 Å². The van der Waals surface area contributed by atoms with Gasteiger partial charge in [0, 0.05) is 6.42 Å². The summed E-state index contributed by atoms with van der Waals surface area (Å²) < 4.78 is 16.8. The molecule has 2 aliphatic rings. The maximum absolute atomic E-state index is 5.66. The van der Waals surface area contributed by atoms with E-state index in [2.05, 4.69) is 6.92 Å². The molecule has 0 aromatic heterocycles. The molecule has 0 amide bonds. The van der Waals surface area contributed by atoms with E-state index in [1.807, 2.05) is 13.8 Å².